The maximum absolute atomic E-state index is 11.4. The van der Waals surface area contributed by atoms with Crippen molar-refractivity contribution in [3.8, 4) is 0 Å². The summed E-state index contributed by atoms with van der Waals surface area (Å²) in [4.78, 5) is 11.4. The molecule has 0 radical (unpaired) electrons. The molecular weight excluding hydrogens is 213 g/mol. The van der Waals surface area contributed by atoms with Crippen LogP contribution in [0, 0.1) is 0 Å². The second-order valence-corrected chi connectivity index (χ2v) is 4.20. The number of amides is 1. The Hall–Kier alpha value is -1.47. The van der Waals surface area contributed by atoms with Crippen molar-refractivity contribution in [1.82, 2.24) is 0 Å². The van der Waals surface area contributed by atoms with Crippen LogP contribution in [-0.2, 0) is 4.74 Å². The molecule has 0 saturated carbocycles. The van der Waals surface area contributed by atoms with Crippen molar-refractivity contribution in [2.45, 2.75) is 26.4 Å². The van der Waals surface area contributed by atoms with E-state index in [-0.39, 0.29) is 11.3 Å². The standard InChI is InChI=1S/C9H14BNO5/c1-9(2,3)16-8(12)11-6-4-5-15-7(6)10(13)14/h4-5,13-14H,1-3H3,(H,11,12). The van der Waals surface area contributed by atoms with Gasteiger partial charge in [0.25, 0.3) is 0 Å². The van der Waals surface area contributed by atoms with Crippen LogP contribution in [0.4, 0.5) is 10.5 Å². The fraction of sp³-hybridized carbons (Fsp3) is 0.444. The fourth-order valence-corrected chi connectivity index (χ4v) is 1.04. The molecule has 88 valence electrons. The Balaban J connectivity index is 2.67. The molecule has 16 heavy (non-hydrogen) atoms. The molecule has 0 atom stereocenters. The van der Waals surface area contributed by atoms with Crippen LogP contribution in [0.15, 0.2) is 16.7 Å². The van der Waals surface area contributed by atoms with Crippen molar-refractivity contribution >= 4 is 24.6 Å². The minimum absolute atomic E-state index is 0.133. The monoisotopic (exact) mass is 227 g/mol. The van der Waals surface area contributed by atoms with Gasteiger partial charge in [-0.2, -0.15) is 0 Å². The lowest BCUT2D eigenvalue weighted by Gasteiger charge is -2.19. The molecule has 0 aliphatic carbocycles. The Morgan fingerprint density at radius 2 is 2.12 bits per heavy atom. The third-order valence-electron chi connectivity index (χ3n) is 1.57. The average Bonchev–Trinajstić information content (AvgIpc) is 2.47. The van der Waals surface area contributed by atoms with Crippen LogP contribution in [0.2, 0.25) is 0 Å². The first kappa shape index (κ1) is 12.6. The Labute approximate surface area is 93.4 Å². The van der Waals surface area contributed by atoms with Crippen molar-refractivity contribution < 1.29 is 24.0 Å². The molecule has 0 unspecified atom stereocenters. The predicted molar refractivity (Wildman–Crippen MR) is 58.4 cm³/mol. The molecule has 6 nitrogen and oxygen atoms in total. The van der Waals surface area contributed by atoms with E-state index in [1.807, 2.05) is 0 Å². The zero-order valence-corrected chi connectivity index (χ0v) is 9.35. The molecule has 0 saturated heterocycles. The van der Waals surface area contributed by atoms with E-state index in [1.165, 1.54) is 12.3 Å². The smallest absolute Gasteiger partial charge is 0.471 e. The highest BCUT2D eigenvalue weighted by atomic mass is 16.6. The number of rotatable bonds is 2. The van der Waals surface area contributed by atoms with Gasteiger partial charge in [0.2, 0.25) is 0 Å². The molecule has 3 N–H and O–H groups in total. The Morgan fingerprint density at radius 3 is 2.62 bits per heavy atom. The van der Waals surface area contributed by atoms with Crippen molar-refractivity contribution in [1.29, 1.82) is 0 Å². The Morgan fingerprint density at radius 1 is 1.50 bits per heavy atom. The molecule has 1 rings (SSSR count). The molecule has 0 aliphatic heterocycles. The number of furan rings is 1. The minimum atomic E-state index is -1.78. The summed E-state index contributed by atoms with van der Waals surface area (Å²) in [7, 11) is -1.78. The van der Waals surface area contributed by atoms with E-state index < -0.39 is 18.8 Å². The normalized spacial score (nSPS) is 11.1. The molecule has 1 aromatic rings. The first-order chi connectivity index (χ1) is 7.29. The lowest BCUT2D eigenvalue weighted by Crippen LogP contribution is -2.33. The summed E-state index contributed by atoms with van der Waals surface area (Å²) in [6, 6.07) is 1.40. The summed E-state index contributed by atoms with van der Waals surface area (Å²) < 4.78 is 9.78. The molecule has 0 spiro atoms. The van der Waals surface area contributed by atoms with Gasteiger partial charge in [-0.25, -0.2) is 4.79 Å². The highest BCUT2D eigenvalue weighted by Gasteiger charge is 2.23. The molecular formula is C9H14BNO5. The highest BCUT2D eigenvalue weighted by Crippen LogP contribution is 2.10. The van der Waals surface area contributed by atoms with Crippen LogP contribution >= 0.6 is 0 Å². The van der Waals surface area contributed by atoms with Crippen LogP contribution in [0.25, 0.3) is 0 Å². The zero-order chi connectivity index (χ0) is 12.3. The van der Waals surface area contributed by atoms with Crippen molar-refractivity contribution in [2.24, 2.45) is 0 Å². The van der Waals surface area contributed by atoms with Crippen LogP contribution in [0.1, 0.15) is 20.8 Å². The van der Waals surface area contributed by atoms with Crippen LogP contribution < -0.4 is 11.0 Å². The topological polar surface area (TPSA) is 91.9 Å². The van der Waals surface area contributed by atoms with E-state index in [0.29, 0.717) is 0 Å². The molecule has 1 aromatic heterocycles. The van der Waals surface area contributed by atoms with Crippen LogP contribution in [0.3, 0.4) is 0 Å². The molecule has 0 bridgehead atoms. The number of carbonyl (C=O) groups excluding carboxylic acids is 1. The Bertz CT molecular complexity index is 368. The van der Waals surface area contributed by atoms with Gasteiger partial charge in [-0.05, 0) is 26.8 Å². The summed E-state index contributed by atoms with van der Waals surface area (Å²) >= 11 is 0. The summed E-state index contributed by atoms with van der Waals surface area (Å²) in [5.41, 5.74) is -0.582. The SMILES string of the molecule is CC(C)(C)OC(=O)Nc1ccoc1B(O)O. The van der Waals surface area contributed by atoms with Crippen LogP contribution in [0.5, 0.6) is 0 Å². The summed E-state index contributed by atoms with van der Waals surface area (Å²) in [6.07, 6.45) is 0.553. The first-order valence-electron chi connectivity index (χ1n) is 4.73. The minimum Gasteiger partial charge on any atom is -0.471 e. The first-order valence-corrected chi connectivity index (χ1v) is 4.73. The van der Waals surface area contributed by atoms with Gasteiger partial charge in [-0.1, -0.05) is 0 Å². The maximum Gasteiger partial charge on any atom is 0.528 e. The fourth-order valence-electron chi connectivity index (χ4n) is 1.04. The summed E-state index contributed by atoms with van der Waals surface area (Å²) in [5, 5.41) is 20.2. The van der Waals surface area contributed by atoms with Crippen LogP contribution in [-0.4, -0.2) is 28.9 Å². The summed E-state index contributed by atoms with van der Waals surface area (Å²) in [5.74, 6) is 0. The molecule has 0 fully saturated rings. The molecule has 1 amide bonds. The molecule has 1 heterocycles. The number of anilines is 1. The van der Waals surface area contributed by atoms with Gasteiger partial charge >= 0.3 is 13.2 Å². The van der Waals surface area contributed by atoms with Gasteiger partial charge in [-0.15, -0.1) is 0 Å². The van der Waals surface area contributed by atoms with E-state index >= 15 is 0 Å². The van der Waals surface area contributed by atoms with Gasteiger partial charge < -0.3 is 19.2 Å². The number of ether oxygens (including phenoxy) is 1. The number of carbonyl (C=O) groups is 1. The van der Waals surface area contributed by atoms with E-state index in [4.69, 9.17) is 19.2 Å². The lowest BCUT2D eigenvalue weighted by molar-refractivity contribution is 0.0636. The van der Waals surface area contributed by atoms with Crippen molar-refractivity contribution in [2.75, 3.05) is 5.32 Å². The van der Waals surface area contributed by atoms with Gasteiger partial charge in [0, 0.05) is 0 Å². The average molecular weight is 227 g/mol. The van der Waals surface area contributed by atoms with E-state index in [0.717, 1.165) is 0 Å². The summed E-state index contributed by atoms with van der Waals surface area (Å²) in [6.45, 7) is 5.18. The number of hydrogen-bond acceptors (Lipinski definition) is 5. The van der Waals surface area contributed by atoms with Crippen molar-refractivity contribution in [3.05, 3.63) is 12.3 Å². The van der Waals surface area contributed by atoms with E-state index in [1.54, 1.807) is 20.8 Å². The van der Waals surface area contributed by atoms with E-state index in [2.05, 4.69) is 5.32 Å². The number of nitrogens with one attached hydrogen (secondary N) is 1. The maximum atomic E-state index is 11.4. The third-order valence-corrected chi connectivity index (χ3v) is 1.57. The van der Waals surface area contributed by atoms with E-state index in [9.17, 15) is 4.79 Å². The quantitative estimate of drug-likeness (QED) is 0.632. The van der Waals surface area contributed by atoms with Gasteiger partial charge in [0.05, 0.1) is 12.0 Å². The van der Waals surface area contributed by atoms with Gasteiger partial charge in [0.1, 0.15) is 5.60 Å². The highest BCUT2D eigenvalue weighted by molar-refractivity contribution is 6.59. The lowest BCUT2D eigenvalue weighted by atomic mass is 9.86. The van der Waals surface area contributed by atoms with Gasteiger partial charge in [-0.3, -0.25) is 5.32 Å². The second kappa shape index (κ2) is 4.59. The largest absolute Gasteiger partial charge is 0.528 e. The Kier molecular flexibility index (Phi) is 3.61. The predicted octanol–water partition coefficient (Wildman–Crippen LogP) is 0.306. The van der Waals surface area contributed by atoms with Gasteiger partial charge in [0.15, 0.2) is 5.66 Å². The zero-order valence-electron chi connectivity index (χ0n) is 9.35. The second-order valence-electron chi connectivity index (χ2n) is 4.20. The third kappa shape index (κ3) is 3.60. The molecule has 0 aromatic carbocycles. The molecule has 0 aliphatic rings. The van der Waals surface area contributed by atoms with Crippen molar-refractivity contribution in [3.63, 3.8) is 0 Å². The number of hydrogen-bond donors (Lipinski definition) is 3. The molecule has 7 heteroatoms.